The van der Waals surface area contributed by atoms with E-state index in [2.05, 4.69) is 34.1 Å². The first-order valence-electron chi connectivity index (χ1n) is 5.57. The molecule has 0 aromatic carbocycles. The van der Waals surface area contributed by atoms with Gasteiger partial charge in [-0.25, -0.2) is 4.98 Å². The van der Waals surface area contributed by atoms with Gasteiger partial charge in [0.15, 0.2) is 0 Å². The molecule has 90 valence electrons. The zero-order chi connectivity index (χ0) is 11.4. The fourth-order valence-electron chi connectivity index (χ4n) is 1.85. The predicted molar refractivity (Wildman–Crippen MR) is 73.7 cm³/mol. The van der Waals surface area contributed by atoms with E-state index >= 15 is 0 Å². The van der Waals surface area contributed by atoms with Crippen LogP contribution in [0.5, 0.6) is 0 Å². The number of nitrogens with zero attached hydrogens (tertiary/aromatic N) is 2. The first kappa shape index (κ1) is 12.7. The molecule has 0 bridgehead atoms. The average Bonchev–Trinajstić information content (AvgIpc) is 2.96. The summed E-state index contributed by atoms with van der Waals surface area (Å²) in [4.78, 5) is 6.96. The highest BCUT2D eigenvalue weighted by molar-refractivity contribution is 7.99. The minimum Gasteiger partial charge on any atom is -0.302 e. The molecular formula is C11H17ClN2S2. The van der Waals surface area contributed by atoms with Gasteiger partial charge in [-0.1, -0.05) is 0 Å². The van der Waals surface area contributed by atoms with Crippen molar-refractivity contribution in [1.82, 2.24) is 9.88 Å². The van der Waals surface area contributed by atoms with E-state index in [0.717, 1.165) is 24.7 Å². The topological polar surface area (TPSA) is 16.1 Å². The van der Waals surface area contributed by atoms with E-state index in [4.69, 9.17) is 11.6 Å². The van der Waals surface area contributed by atoms with Crippen LogP contribution in [0.25, 0.3) is 0 Å². The highest BCUT2D eigenvalue weighted by Gasteiger charge is 2.19. The number of halogens is 1. The molecule has 2 rings (SSSR count). The van der Waals surface area contributed by atoms with Gasteiger partial charge in [0.1, 0.15) is 0 Å². The number of hydrogen-bond acceptors (Lipinski definition) is 4. The molecule has 2 nitrogen and oxygen atoms in total. The largest absolute Gasteiger partial charge is 0.302 e. The second-order valence-electron chi connectivity index (χ2n) is 4.11. The lowest BCUT2D eigenvalue weighted by Crippen LogP contribution is -2.33. The zero-order valence-corrected chi connectivity index (χ0v) is 11.9. The zero-order valence-electron chi connectivity index (χ0n) is 9.49. The van der Waals surface area contributed by atoms with Crippen molar-refractivity contribution in [3.8, 4) is 0 Å². The Kier molecular flexibility index (Phi) is 4.95. The number of rotatable bonds is 5. The first-order chi connectivity index (χ1) is 7.79. The van der Waals surface area contributed by atoms with Gasteiger partial charge in [-0.3, -0.25) is 0 Å². The van der Waals surface area contributed by atoms with Crippen molar-refractivity contribution in [2.75, 3.05) is 25.1 Å². The normalized spacial score (nSPS) is 20.8. The van der Waals surface area contributed by atoms with Gasteiger partial charge >= 0.3 is 0 Å². The maximum atomic E-state index is 5.74. The Hall–Kier alpha value is 0.230. The summed E-state index contributed by atoms with van der Waals surface area (Å²) in [7, 11) is 2.23. The van der Waals surface area contributed by atoms with Crippen LogP contribution in [-0.4, -0.2) is 41.0 Å². The molecule has 1 aromatic heterocycles. The molecule has 0 N–H and O–H groups in total. The van der Waals surface area contributed by atoms with Crippen molar-refractivity contribution < 1.29 is 0 Å². The lowest BCUT2D eigenvalue weighted by Gasteiger charge is -2.22. The minimum atomic E-state index is 0.533. The molecule has 1 saturated heterocycles. The molecule has 1 aliphatic heterocycles. The number of thiazole rings is 1. The summed E-state index contributed by atoms with van der Waals surface area (Å²) in [6, 6.07) is 0.775. The fraction of sp³-hybridized carbons (Fsp3) is 0.727. The van der Waals surface area contributed by atoms with E-state index < -0.39 is 0 Å². The van der Waals surface area contributed by atoms with Crippen LogP contribution in [0.4, 0.5) is 0 Å². The Morgan fingerprint density at radius 1 is 1.62 bits per heavy atom. The summed E-state index contributed by atoms with van der Waals surface area (Å²) < 4.78 is 0. The lowest BCUT2D eigenvalue weighted by molar-refractivity contribution is 0.266. The predicted octanol–water partition coefficient (Wildman–Crippen LogP) is 2.86. The lowest BCUT2D eigenvalue weighted by atomic mass is 10.2. The van der Waals surface area contributed by atoms with E-state index in [1.807, 2.05) is 0 Å². The second kappa shape index (κ2) is 6.24. The van der Waals surface area contributed by atoms with Crippen LogP contribution >= 0.6 is 34.7 Å². The van der Waals surface area contributed by atoms with Crippen LogP contribution < -0.4 is 0 Å². The van der Waals surface area contributed by atoms with Gasteiger partial charge in [-0.15, -0.1) is 22.9 Å². The van der Waals surface area contributed by atoms with Gasteiger partial charge in [0.05, 0.1) is 16.6 Å². The van der Waals surface area contributed by atoms with Crippen LogP contribution in [0.1, 0.15) is 17.1 Å². The van der Waals surface area contributed by atoms with Gasteiger partial charge < -0.3 is 4.90 Å². The minimum absolute atomic E-state index is 0.533. The SMILES string of the molecule is CN(CCc1nc(CCl)cs1)C1CCSC1. The molecule has 1 aliphatic rings. The Balaban J connectivity index is 1.77. The molecule has 1 aromatic rings. The van der Waals surface area contributed by atoms with Gasteiger partial charge in [0.2, 0.25) is 0 Å². The summed E-state index contributed by atoms with van der Waals surface area (Å²) in [5, 5.41) is 3.28. The third kappa shape index (κ3) is 3.36. The number of alkyl halides is 1. The van der Waals surface area contributed by atoms with E-state index in [-0.39, 0.29) is 0 Å². The fourth-order valence-corrected chi connectivity index (χ4v) is 4.16. The molecule has 2 heterocycles. The van der Waals surface area contributed by atoms with E-state index in [9.17, 15) is 0 Å². The average molecular weight is 277 g/mol. The molecule has 0 saturated carbocycles. The quantitative estimate of drug-likeness (QED) is 0.770. The monoisotopic (exact) mass is 276 g/mol. The Bertz CT molecular complexity index is 324. The molecule has 0 amide bonds. The summed E-state index contributed by atoms with van der Waals surface area (Å²) in [6.07, 6.45) is 2.39. The maximum absolute atomic E-state index is 5.74. The Morgan fingerprint density at radius 2 is 2.50 bits per heavy atom. The third-order valence-electron chi connectivity index (χ3n) is 2.94. The number of thioether (sulfide) groups is 1. The smallest absolute Gasteiger partial charge is 0.0941 e. The standard InChI is InChI=1S/C11H17ClN2S2/c1-14(10-3-5-15-8-10)4-2-11-13-9(6-12)7-16-11/h7,10H,2-6,8H2,1H3. The van der Waals surface area contributed by atoms with Gasteiger partial charge in [-0.2, -0.15) is 11.8 Å². The van der Waals surface area contributed by atoms with E-state index in [1.54, 1.807) is 11.3 Å². The maximum Gasteiger partial charge on any atom is 0.0941 e. The van der Waals surface area contributed by atoms with Crippen molar-refractivity contribution in [3.05, 3.63) is 16.1 Å². The van der Waals surface area contributed by atoms with Crippen LogP contribution in [0.15, 0.2) is 5.38 Å². The van der Waals surface area contributed by atoms with Gasteiger partial charge in [-0.05, 0) is 19.2 Å². The molecule has 1 atom stereocenters. The first-order valence-corrected chi connectivity index (χ1v) is 8.13. The Morgan fingerprint density at radius 3 is 3.12 bits per heavy atom. The molecule has 0 spiro atoms. The number of hydrogen-bond donors (Lipinski definition) is 0. The van der Waals surface area contributed by atoms with Crippen molar-refractivity contribution in [2.24, 2.45) is 0 Å². The molecule has 0 radical (unpaired) electrons. The molecule has 5 heteroatoms. The van der Waals surface area contributed by atoms with E-state index in [1.165, 1.54) is 22.9 Å². The number of aromatic nitrogens is 1. The van der Waals surface area contributed by atoms with Crippen molar-refractivity contribution >= 4 is 34.7 Å². The van der Waals surface area contributed by atoms with Crippen LogP contribution in [-0.2, 0) is 12.3 Å². The summed E-state index contributed by atoms with van der Waals surface area (Å²) in [5.41, 5.74) is 1.01. The molecule has 1 fully saturated rings. The summed E-state index contributed by atoms with van der Waals surface area (Å²) in [6.45, 7) is 1.11. The summed E-state index contributed by atoms with van der Waals surface area (Å²) >= 11 is 9.54. The van der Waals surface area contributed by atoms with Crippen LogP contribution in [0, 0.1) is 0 Å². The van der Waals surface area contributed by atoms with Crippen LogP contribution in [0.2, 0.25) is 0 Å². The highest BCUT2D eigenvalue weighted by atomic mass is 35.5. The van der Waals surface area contributed by atoms with Gasteiger partial charge in [0.25, 0.3) is 0 Å². The molecule has 0 aliphatic carbocycles. The third-order valence-corrected chi connectivity index (χ3v) is 5.32. The Labute approximate surface area is 110 Å². The summed E-state index contributed by atoms with van der Waals surface area (Å²) in [5.74, 6) is 3.15. The molecule has 16 heavy (non-hydrogen) atoms. The number of likely N-dealkylation sites (N-methyl/N-ethyl adjacent to an activating group) is 1. The van der Waals surface area contributed by atoms with Crippen molar-refractivity contribution in [3.63, 3.8) is 0 Å². The van der Waals surface area contributed by atoms with Crippen molar-refractivity contribution in [2.45, 2.75) is 24.8 Å². The molecular weight excluding hydrogens is 260 g/mol. The molecule has 1 unspecified atom stereocenters. The van der Waals surface area contributed by atoms with Gasteiger partial charge in [0, 0.05) is 30.1 Å². The highest BCUT2D eigenvalue weighted by Crippen LogP contribution is 2.21. The van der Waals surface area contributed by atoms with Crippen molar-refractivity contribution in [1.29, 1.82) is 0 Å². The van der Waals surface area contributed by atoms with Crippen LogP contribution in [0.3, 0.4) is 0 Å². The van der Waals surface area contributed by atoms with E-state index in [0.29, 0.717) is 5.88 Å². The second-order valence-corrected chi connectivity index (χ2v) is 6.47.